The molecule has 2 aromatic rings. The van der Waals surface area contributed by atoms with Gasteiger partial charge >= 0.3 is 5.97 Å². The molecule has 25 heavy (non-hydrogen) atoms. The van der Waals surface area contributed by atoms with Gasteiger partial charge in [0.25, 0.3) is 0 Å². The van der Waals surface area contributed by atoms with Crippen molar-refractivity contribution in [1.82, 2.24) is 10.6 Å². The molecular weight excluding hydrogens is 320 g/mol. The number of carbonyl (C=O) groups is 3. The Morgan fingerprint density at radius 2 is 1.72 bits per heavy atom. The average molecular weight is 338 g/mol. The summed E-state index contributed by atoms with van der Waals surface area (Å²) in [5.74, 6) is -2.55. The van der Waals surface area contributed by atoms with Crippen LogP contribution in [0.15, 0.2) is 60.7 Å². The predicted molar refractivity (Wildman–Crippen MR) is 90.4 cm³/mol. The van der Waals surface area contributed by atoms with Gasteiger partial charge in [-0.15, -0.1) is 0 Å². The Balaban J connectivity index is 1.72. The van der Waals surface area contributed by atoms with E-state index in [1.165, 1.54) is 0 Å². The van der Waals surface area contributed by atoms with E-state index in [9.17, 15) is 14.4 Å². The van der Waals surface area contributed by atoms with Crippen molar-refractivity contribution in [2.45, 2.75) is 18.6 Å². The molecule has 0 aliphatic carbocycles. The van der Waals surface area contributed by atoms with Gasteiger partial charge in [0.05, 0.1) is 0 Å². The van der Waals surface area contributed by atoms with Crippen LogP contribution in [0.4, 0.5) is 0 Å². The molecule has 0 spiro atoms. The molecule has 2 N–H and O–H groups in total. The number of β-lactam (4-membered cyclic amide) rings is 1. The van der Waals surface area contributed by atoms with Crippen LogP contribution in [0.25, 0.3) is 0 Å². The zero-order chi connectivity index (χ0) is 17.6. The number of hydrogen-bond acceptors (Lipinski definition) is 4. The van der Waals surface area contributed by atoms with Crippen LogP contribution in [0.3, 0.4) is 0 Å². The highest BCUT2D eigenvalue weighted by Crippen LogP contribution is 2.19. The molecule has 128 valence electrons. The van der Waals surface area contributed by atoms with Crippen molar-refractivity contribution in [2.75, 3.05) is 6.54 Å². The molecule has 1 aliphatic rings. The number of benzene rings is 2. The summed E-state index contributed by atoms with van der Waals surface area (Å²) in [5, 5.41) is 5.14. The lowest BCUT2D eigenvalue weighted by Crippen LogP contribution is -2.62. The van der Waals surface area contributed by atoms with Crippen LogP contribution in [0.5, 0.6) is 0 Å². The monoisotopic (exact) mass is 338 g/mol. The summed E-state index contributed by atoms with van der Waals surface area (Å²) in [6.07, 6.45) is 0. The Kier molecular flexibility index (Phi) is 5.09. The Morgan fingerprint density at radius 1 is 1.08 bits per heavy atom. The molecular formula is C19H18N2O4. The molecule has 0 saturated carbocycles. The maximum atomic E-state index is 12.6. The van der Waals surface area contributed by atoms with Crippen molar-refractivity contribution in [2.24, 2.45) is 0 Å². The van der Waals surface area contributed by atoms with Crippen molar-refractivity contribution in [3.63, 3.8) is 0 Å². The van der Waals surface area contributed by atoms with Gasteiger partial charge in [-0.1, -0.05) is 60.7 Å². The quantitative estimate of drug-likeness (QED) is 0.470. The summed E-state index contributed by atoms with van der Waals surface area (Å²) in [4.78, 5) is 36.5. The fraction of sp³-hybridized carbons (Fsp3) is 0.211. The smallest absolute Gasteiger partial charge is 0.323 e. The predicted octanol–water partition coefficient (Wildman–Crippen LogP) is 1.13. The lowest BCUT2D eigenvalue weighted by atomic mass is 9.97. The van der Waals surface area contributed by atoms with Gasteiger partial charge in [0, 0.05) is 6.54 Å². The van der Waals surface area contributed by atoms with Gasteiger partial charge in [-0.05, 0) is 11.1 Å². The van der Waals surface area contributed by atoms with E-state index < -0.39 is 23.8 Å². The first-order valence-corrected chi connectivity index (χ1v) is 7.99. The van der Waals surface area contributed by atoms with Gasteiger partial charge < -0.3 is 15.4 Å². The topological polar surface area (TPSA) is 84.5 Å². The number of esters is 1. The maximum absolute atomic E-state index is 12.6. The van der Waals surface area contributed by atoms with Gasteiger partial charge in [-0.3, -0.25) is 14.4 Å². The molecule has 1 aliphatic heterocycles. The van der Waals surface area contributed by atoms with Crippen molar-refractivity contribution in [3.8, 4) is 0 Å². The van der Waals surface area contributed by atoms with Crippen LogP contribution >= 0.6 is 0 Å². The fourth-order valence-electron chi connectivity index (χ4n) is 2.51. The molecule has 2 amide bonds. The summed E-state index contributed by atoms with van der Waals surface area (Å²) < 4.78 is 5.33. The summed E-state index contributed by atoms with van der Waals surface area (Å²) in [6.45, 7) is 0.450. The largest absolute Gasteiger partial charge is 0.460 e. The first-order chi connectivity index (χ1) is 12.1. The highest BCUT2D eigenvalue weighted by Gasteiger charge is 2.35. The molecule has 0 aromatic heterocycles. The van der Waals surface area contributed by atoms with Crippen molar-refractivity contribution in [3.05, 3.63) is 71.8 Å². The highest BCUT2D eigenvalue weighted by atomic mass is 16.5. The molecule has 1 unspecified atom stereocenters. The van der Waals surface area contributed by atoms with E-state index in [0.29, 0.717) is 12.1 Å². The van der Waals surface area contributed by atoms with Crippen molar-refractivity contribution < 1.29 is 19.1 Å². The molecule has 1 saturated heterocycles. The molecule has 0 bridgehead atoms. The summed E-state index contributed by atoms with van der Waals surface area (Å²) in [5.41, 5.74) is 1.36. The van der Waals surface area contributed by atoms with Crippen LogP contribution in [0, 0.1) is 0 Å². The summed E-state index contributed by atoms with van der Waals surface area (Å²) >= 11 is 0. The maximum Gasteiger partial charge on any atom is 0.323 e. The average Bonchev–Trinajstić information content (AvgIpc) is 2.65. The zero-order valence-electron chi connectivity index (χ0n) is 13.5. The Hall–Kier alpha value is -3.15. The van der Waals surface area contributed by atoms with E-state index in [1.807, 2.05) is 30.3 Å². The van der Waals surface area contributed by atoms with Crippen LogP contribution in [-0.4, -0.2) is 30.4 Å². The zero-order valence-corrected chi connectivity index (χ0v) is 13.5. The third kappa shape index (κ3) is 4.03. The minimum atomic E-state index is -1.11. The number of hydrogen-bond donors (Lipinski definition) is 2. The number of ether oxygens (including phenoxy) is 1. The van der Waals surface area contributed by atoms with Gasteiger partial charge in [-0.25, -0.2) is 0 Å². The van der Waals surface area contributed by atoms with Crippen molar-refractivity contribution >= 4 is 17.8 Å². The normalized spacial score (nSPS) is 17.0. The summed E-state index contributed by atoms with van der Waals surface area (Å²) in [7, 11) is 0. The SMILES string of the molecule is O=C(N[C@H]1CNC1=O)C(C(=O)OCc1ccccc1)c1ccccc1. The van der Waals surface area contributed by atoms with Crippen LogP contribution < -0.4 is 10.6 Å². The minimum absolute atomic E-state index is 0.0835. The first kappa shape index (κ1) is 16.7. The minimum Gasteiger partial charge on any atom is -0.460 e. The van der Waals surface area contributed by atoms with Crippen LogP contribution in [0.1, 0.15) is 17.0 Å². The van der Waals surface area contributed by atoms with E-state index in [-0.39, 0.29) is 12.5 Å². The molecule has 1 heterocycles. The fourth-order valence-corrected chi connectivity index (χ4v) is 2.51. The highest BCUT2D eigenvalue weighted by molar-refractivity contribution is 6.05. The van der Waals surface area contributed by atoms with Gasteiger partial charge in [0.15, 0.2) is 5.92 Å². The molecule has 3 rings (SSSR count). The molecule has 2 aromatic carbocycles. The lowest BCUT2D eigenvalue weighted by molar-refractivity contribution is -0.151. The van der Waals surface area contributed by atoms with E-state index in [4.69, 9.17) is 4.74 Å². The van der Waals surface area contributed by atoms with Crippen LogP contribution in [0.2, 0.25) is 0 Å². The molecule has 6 heteroatoms. The first-order valence-electron chi connectivity index (χ1n) is 7.99. The van der Waals surface area contributed by atoms with E-state index >= 15 is 0 Å². The number of amides is 2. The Morgan fingerprint density at radius 3 is 2.28 bits per heavy atom. The standard InChI is InChI=1S/C19H18N2O4/c22-17-15(11-20-17)21-18(23)16(14-9-5-2-6-10-14)19(24)25-12-13-7-3-1-4-8-13/h1-10,15-16H,11-12H2,(H,20,22)(H,21,23)/t15-,16?/m0/s1. The molecule has 0 radical (unpaired) electrons. The second-order valence-corrected chi connectivity index (χ2v) is 5.74. The third-order valence-electron chi connectivity index (χ3n) is 3.97. The van der Waals surface area contributed by atoms with Gasteiger partial charge in [-0.2, -0.15) is 0 Å². The van der Waals surface area contributed by atoms with E-state index in [0.717, 1.165) is 5.56 Å². The Labute approximate surface area is 145 Å². The second-order valence-electron chi connectivity index (χ2n) is 5.74. The lowest BCUT2D eigenvalue weighted by Gasteiger charge is -2.28. The third-order valence-corrected chi connectivity index (χ3v) is 3.97. The van der Waals surface area contributed by atoms with Crippen molar-refractivity contribution in [1.29, 1.82) is 0 Å². The van der Waals surface area contributed by atoms with E-state index in [2.05, 4.69) is 10.6 Å². The van der Waals surface area contributed by atoms with Gasteiger partial charge in [0.2, 0.25) is 11.8 Å². The summed E-state index contributed by atoms with van der Waals surface area (Å²) in [6, 6.07) is 17.3. The van der Waals surface area contributed by atoms with E-state index in [1.54, 1.807) is 30.3 Å². The second kappa shape index (κ2) is 7.61. The molecule has 1 fully saturated rings. The molecule has 2 atom stereocenters. The molecule has 6 nitrogen and oxygen atoms in total. The number of carbonyl (C=O) groups excluding carboxylic acids is 3. The number of nitrogens with one attached hydrogen (secondary N) is 2. The van der Waals surface area contributed by atoms with Crippen LogP contribution in [-0.2, 0) is 25.7 Å². The number of rotatable bonds is 6. The Bertz CT molecular complexity index is 762. The van der Waals surface area contributed by atoms with Gasteiger partial charge in [0.1, 0.15) is 12.6 Å².